The van der Waals surface area contributed by atoms with Crippen LogP contribution >= 0.6 is 50.7 Å². The summed E-state index contributed by atoms with van der Waals surface area (Å²) in [5.41, 5.74) is 0.397. The minimum atomic E-state index is -1.99. The van der Waals surface area contributed by atoms with E-state index in [2.05, 4.69) is 26.2 Å². The predicted octanol–water partition coefficient (Wildman–Crippen LogP) is 5.19. The quantitative estimate of drug-likeness (QED) is 0.444. The molecule has 2 aromatic carbocycles. The van der Waals surface area contributed by atoms with Gasteiger partial charge in [-0.1, -0.05) is 59.1 Å². The number of amidine groups is 1. The fraction of sp³-hybridized carbons (Fsp3) is 0.167. The van der Waals surface area contributed by atoms with E-state index < -0.39 is 27.7 Å². The van der Waals surface area contributed by atoms with E-state index in [4.69, 9.17) is 34.8 Å². The first-order chi connectivity index (χ1) is 13.6. The molecule has 0 aliphatic carbocycles. The van der Waals surface area contributed by atoms with Crippen molar-refractivity contribution in [3.63, 3.8) is 0 Å². The number of aliphatic imine (C=N–C) groups is 1. The van der Waals surface area contributed by atoms with E-state index in [0.717, 1.165) is 15.9 Å². The molecule has 1 heterocycles. The van der Waals surface area contributed by atoms with Gasteiger partial charge in [-0.2, -0.15) is 0 Å². The van der Waals surface area contributed by atoms with Crippen molar-refractivity contribution in [2.75, 3.05) is 17.3 Å². The van der Waals surface area contributed by atoms with E-state index in [9.17, 15) is 14.0 Å². The van der Waals surface area contributed by atoms with Gasteiger partial charge in [0.05, 0.1) is 11.4 Å². The molecule has 0 bridgehead atoms. The molecule has 1 aliphatic heterocycles. The SMILES string of the molecule is CN1C(=O)C(=NC(Nc2ccccc2Br)C(Cl)(Cl)Cl)N(c2ccccc2F)C1=O. The number of nitrogens with one attached hydrogen (secondary N) is 1. The van der Waals surface area contributed by atoms with Gasteiger partial charge in [0.25, 0.3) is 5.91 Å². The van der Waals surface area contributed by atoms with Crippen LogP contribution < -0.4 is 10.2 Å². The van der Waals surface area contributed by atoms with Crippen molar-refractivity contribution in [2.24, 2.45) is 4.99 Å². The van der Waals surface area contributed by atoms with Crippen molar-refractivity contribution in [3.05, 3.63) is 58.8 Å². The van der Waals surface area contributed by atoms with Crippen molar-refractivity contribution in [3.8, 4) is 0 Å². The van der Waals surface area contributed by atoms with E-state index in [1.54, 1.807) is 24.3 Å². The Morgan fingerprint density at radius 2 is 1.72 bits per heavy atom. The van der Waals surface area contributed by atoms with Crippen molar-refractivity contribution in [1.29, 1.82) is 0 Å². The molecule has 3 rings (SSSR count). The van der Waals surface area contributed by atoms with Gasteiger partial charge < -0.3 is 5.32 Å². The lowest BCUT2D eigenvalue weighted by Gasteiger charge is -2.25. The summed E-state index contributed by atoms with van der Waals surface area (Å²) in [6.07, 6.45) is -1.27. The van der Waals surface area contributed by atoms with Crippen LogP contribution in [0.2, 0.25) is 0 Å². The predicted molar refractivity (Wildman–Crippen MR) is 116 cm³/mol. The first kappa shape index (κ1) is 21.8. The van der Waals surface area contributed by atoms with Gasteiger partial charge in [0.1, 0.15) is 5.82 Å². The molecular weight excluding hydrogens is 509 g/mol. The number of carbonyl (C=O) groups is 2. The summed E-state index contributed by atoms with van der Waals surface area (Å²) in [5, 5.41) is 2.92. The number of carbonyl (C=O) groups excluding carboxylic acids is 2. The minimum Gasteiger partial charge on any atom is -0.359 e. The number of halogens is 5. The topological polar surface area (TPSA) is 65.0 Å². The summed E-state index contributed by atoms with van der Waals surface area (Å²) in [5.74, 6) is -1.84. The summed E-state index contributed by atoms with van der Waals surface area (Å²) in [7, 11) is 1.26. The number of amides is 3. The second-order valence-corrected chi connectivity index (χ2v) is 9.18. The van der Waals surface area contributed by atoms with Crippen LogP contribution in [-0.2, 0) is 4.79 Å². The van der Waals surface area contributed by atoms with Crippen molar-refractivity contribution >= 4 is 79.9 Å². The van der Waals surface area contributed by atoms with Crippen LogP contribution in [0.25, 0.3) is 0 Å². The van der Waals surface area contributed by atoms with Gasteiger partial charge in [0.2, 0.25) is 9.63 Å². The van der Waals surface area contributed by atoms with E-state index >= 15 is 0 Å². The van der Waals surface area contributed by atoms with Gasteiger partial charge in [-0.05, 0) is 40.2 Å². The Balaban J connectivity index is 2.09. The van der Waals surface area contributed by atoms with Crippen LogP contribution in [0, 0.1) is 5.82 Å². The number of para-hydroxylation sites is 2. The molecule has 1 unspecified atom stereocenters. The number of hydrogen-bond donors (Lipinski definition) is 1. The highest BCUT2D eigenvalue weighted by molar-refractivity contribution is 9.10. The number of hydrogen-bond acceptors (Lipinski definition) is 4. The Hall–Kier alpha value is -1.87. The number of likely N-dealkylation sites (N-methyl/N-ethyl adjacent to an activating group) is 1. The van der Waals surface area contributed by atoms with Crippen LogP contribution in [0.5, 0.6) is 0 Å². The average molecular weight is 523 g/mol. The van der Waals surface area contributed by atoms with E-state index in [-0.39, 0.29) is 11.5 Å². The molecule has 1 atom stereocenters. The van der Waals surface area contributed by atoms with Gasteiger partial charge in [-0.3, -0.25) is 9.69 Å². The molecule has 6 nitrogen and oxygen atoms in total. The lowest BCUT2D eigenvalue weighted by Crippen LogP contribution is -2.38. The highest BCUT2D eigenvalue weighted by Crippen LogP contribution is 2.36. The molecule has 0 saturated carbocycles. The molecule has 29 heavy (non-hydrogen) atoms. The third-order valence-corrected chi connectivity index (χ3v) is 5.32. The van der Waals surface area contributed by atoms with Crippen molar-refractivity contribution < 1.29 is 14.0 Å². The summed E-state index contributed by atoms with van der Waals surface area (Å²) in [6.45, 7) is 0. The summed E-state index contributed by atoms with van der Waals surface area (Å²) >= 11 is 21.6. The first-order valence-corrected chi connectivity index (χ1v) is 10.1. The number of nitrogens with zero attached hydrogens (tertiary/aromatic N) is 3. The fourth-order valence-corrected chi connectivity index (χ4v) is 3.28. The van der Waals surface area contributed by atoms with E-state index in [1.165, 1.54) is 25.2 Å². The Morgan fingerprint density at radius 3 is 2.34 bits per heavy atom. The third-order valence-electron chi connectivity index (χ3n) is 4.01. The van der Waals surface area contributed by atoms with E-state index in [0.29, 0.717) is 10.2 Å². The number of alkyl halides is 3. The molecule has 0 aromatic heterocycles. The molecular formula is C18H13BrCl3FN4O2. The second-order valence-electron chi connectivity index (χ2n) is 5.95. The molecule has 1 fully saturated rings. The molecule has 1 N–H and O–H groups in total. The maximum atomic E-state index is 14.3. The standard InChI is InChI=1S/C18H13BrCl3FN4O2/c1-26-15(28)14(27(17(26)29)13-9-5-3-7-11(13)23)25-16(18(20,21)22)24-12-8-4-2-6-10(12)19/h2-9,16,24H,1H3. The van der Waals surface area contributed by atoms with Gasteiger partial charge in [0.15, 0.2) is 6.17 Å². The van der Waals surface area contributed by atoms with Gasteiger partial charge >= 0.3 is 6.03 Å². The third kappa shape index (κ3) is 4.50. The Kier molecular flexibility index (Phi) is 6.38. The summed E-state index contributed by atoms with van der Waals surface area (Å²) in [4.78, 5) is 31.1. The molecule has 2 aromatic rings. The maximum absolute atomic E-state index is 14.3. The molecule has 1 aliphatic rings. The molecule has 152 valence electrons. The van der Waals surface area contributed by atoms with Gasteiger partial charge in [0, 0.05) is 11.5 Å². The summed E-state index contributed by atoms with van der Waals surface area (Å²) in [6, 6.07) is 11.7. The fourth-order valence-electron chi connectivity index (χ4n) is 2.57. The van der Waals surface area contributed by atoms with Crippen LogP contribution in [0.4, 0.5) is 20.6 Å². The van der Waals surface area contributed by atoms with Crippen molar-refractivity contribution in [1.82, 2.24) is 4.90 Å². The lowest BCUT2D eigenvalue weighted by molar-refractivity contribution is -0.119. The molecule has 0 radical (unpaired) electrons. The molecule has 11 heteroatoms. The summed E-state index contributed by atoms with van der Waals surface area (Å²) < 4.78 is 13.0. The number of rotatable bonds is 4. The number of benzene rings is 2. The van der Waals surface area contributed by atoms with E-state index in [1.807, 2.05) is 0 Å². The average Bonchev–Trinajstić information content (AvgIpc) is 2.86. The molecule has 3 amide bonds. The first-order valence-electron chi connectivity index (χ1n) is 8.13. The normalized spacial score (nSPS) is 17.2. The maximum Gasteiger partial charge on any atom is 0.337 e. The number of anilines is 2. The molecule has 0 spiro atoms. The van der Waals surface area contributed by atoms with Gasteiger partial charge in [-0.25, -0.2) is 19.1 Å². The van der Waals surface area contributed by atoms with Gasteiger partial charge in [-0.15, -0.1) is 0 Å². The molecule has 1 saturated heterocycles. The minimum absolute atomic E-state index is 0.141. The zero-order valence-electron chi connectivity index (χ0n) is 14.7. The van der Waals surface area contributed by atoms with Crippen molar-refractivity contribution in [2.45, 2.75) is 9.96 Å². The highest BCUT2D eigenvalue weighted by Gasteiger charge is 2.44. The largest absolute Gasteiger partial charge is 0.359 e. The lowest BCUT2D eigenvalue weighted by atomic mass is 10.3. The van der Waals surface area contributed by atoms with Crippen LogP contribution in [0.15, 0.2) is 58.0 Å². The number of urea groups is 1. The zero-order chi connectivity index (χ0) is 21.3. The number of imide groups is 1. The van der Waals surface area contributed by atoms with Crippen LogP contribution in [0.3, 0.4) is 0 Å². The monoisotopic (exact) mass is 520 g/mol. The smallest absolute Gasteiger partial charge is 0.337 e. The Morgan fingerprint density at radius 1 is 1.10 bits per heavy atom. The second kappa shape index (κ2) is 8.47. The Labute approximate surface area is 189 Å². The zero-order valence-corrected chi connectivity index (χ0v) is 18.6. The van der Waals surface area contributed by atoms with Crippen LogP contribution in [-0.4, -0.2) is 39.7 Å². The highest BCUT2D eigenvalue weighted by atomic mass is 79.9. The Bertz CT molecular complexity index is 999. The van der Waals surface area contributed by atoms with Crippen LogP contribution in [0.1, 0.15) is 0 Å².